The molecular weight excluding hydrogens is 244 g/mol. The van der Waals surface area contributed by atoms with Gasteiger partial charge in [-0.25, -0.2) is 0 Å². The van der Waals surface area contributed by atoms with Crippen molar-refractivity contribution in [2.75, 3.05) is 13.1 Å². The largest absolute Gasteiger partial charge is 0.481 e. The molecular formula is C14H18N2O3. The van der Waals surface area contributed by atoms with Crippen LogP contribution in [-0.4, -0.2) is 40.0 Å². The van der Waals surface area contributed by atoms with E-state index in [2.05, 4.69) is 4.98 Å². The van der Waals surface area contributed by atoms with Crippen LogP contribution in [0.2, 0.25) is 0 Å². The average Bonchev–Trinajstić information content (AvgIpc) is 2.39. The van der Waals surface area contributed by atoms with E-state index in [0.29, 0.717) is 13.0 Å². The molecule has 1 N–H and O–H groups in total. The minimum absolute atomic E-state index is 0.0706. The molecule has 2 heterocycles. The van der Waals surface area contributed by atoms with Gasteiger partial charge in [-0.3, -0.25) is 14.6 Å². The van der Waals surface area contributed by atoms with Gasteiger partial charge in [0.05, 0.1) is 6.42 Å². The highest BCUT2D eigenvalue weighted by atomic mass is 16.4. The maximum Gasteiger partial charge on any atom is 0.303 e. The molecule has 19 heavy (non-hydrogen) atoms. The van der Waals surface area contributed by atoms with Gasteiger partial charge in [0.25, 0.3) is 0 Å². The first kappa shape index (κ1) is 13.5. The topological polar surface area (TPSA) is 70.5 Å². The number of aliphatic carboxylic acids is 1. The lowest BCUT2D eigenvalue weighted by molar-refractivity contribution is -0.140. The second-order valence-corrected chi connectivity index (χ2v) is 4.98. The molecule has 0 saturated carbocycles. The summed E-state index contributed by atoms with van der Waals surface area (Å²) in [7, 11) is 0. The molecule has 0 spiro atoms. The molecule has 102 valence electrons. The average molecular weight is 262 g/mol. The van der Waals surface area contributed by atoms with Gasteiger partial charge < -0.3 is 10.0 Å². The van der Waals surface area contributed by atoms with Crippen molar-refractivity contribution in [3.8, 4) is 0 Å². The first-order valence-corrected chi connectivity index (χ1v) is 6.53. The Balaban J connectivity index is 1.90. The van der Waals surface area contributed by atoms with E-state index in [-0.39, 0.29) is 18.2 Å². The Morgan fingerprint density at radius 2 is 2.11 bits per heavy atom. The maximum absolute atomic E-state index is 12.2. The molecule has 5 heteroatoms. The Labute approximate surface area is 112 Å². The predicted octanol–water partition coefficient (Wildman–Crippen LogP) is 1.34. The molecule has 0 aliphatic carbocycles. The van der Waals surface area contributed by atoms with Crippen LogP contribution >= 0.6 is 0 Å². The zero-order valence-corrected chi connectivity index (χ0v) is 10.8. The molecule has 2 rings (SSSR count). The summed E-state index contributed by atoms with van der Waals surface area (Å²) >= 11 is 0. The summed E-state index contributed by atoms with van der Waals surface area (Å²) < 4.78 is 0. The number of carboxylic acids is 1. The lowest BCUT2D eigenvalue weighted by atomic mass is 9.94. The number of pyridine rings is 1. The minimum atomic E-state index is -0.784. The van der Waals surface area contributed by atoms with Gasteiger partial charge in [-0.15, -0.1) is 0 Å². The zero-order chi connectivity index (χ0) is 13.7. The van der Waals surface area contributed by atoms with Crippen LogP contribution in [0.3, 0.4) is 0 Å². The van der Waals surface area contributed by atoms with E-state index in [0.717, 1.165) is 24.9 Å². The smallest absolute Gasteiger partial charge is 0.303 e. The van der Waals surface area contributed by atoms with E-state index in [9.17, 15) is 9.59 Å². The summed E-state index contributed by atoms with van der Waals surface area (Å²) in [6.07, 6.45) is 5.64. The van der Waals surface area contributed by atoms with E-state index < -0.39 is 5.97 Å². The van der Waals surface area contributed by atoms with Crippen LogP contribution in [0.5, 0.6) is 0 Å². The molecule has 1 saturated heterocycles. The normalized spacial score (nSPS) is 19.2. The number of piperidine rings is 1. The molecule has 1 aliphatic heterocycles. The number of hydrogen-bond donors (Lipinski definition) is 1. The van der Waals surface area contributed by atoms with Crippen molar-refractivity contribution >= 4 is 11.9 Å². The first-order valence-electron chi connectivity index (χ1n) is 6.53. The second-order valence-electron chi connectivity index (χ2n) is 4.98. The molecule has 1 atom stereocenters. The molecule has 1 unspecified atom stereocenters. The molecule has 1 aliphatic rings. The molecule has 0 aromatic carbocycles. The third-order valence-corrected chi connectivity index (χ3v) is 3.44. The van der Waals surface area contributed by atoms with E-state index in [1.54, 1.807) is 17.3 Å². The Morgan fingerprint density at radius 1 is 1.37 bits per heavy atom. The van der Waals surface area contributed by atoms with E-state index >= 15 is 0 Å². The Bertz CT molecular complexity index is 447. The maximum atomic E-state index is 12.2. The second kappa shape index (κ2) is 6.31. The van der Waals surface area contributed by atoms with Crippen LogP contribution in [0, 0.1) is 5.92 Å². The highest BCUT2D eigenvalue weighted by Gasteiger charge is 2.25. The predicted molar refractivity (Wildman–Crippen MR) is 69.5 cm³/mol. The van der Waals surface area contributed by atoms with Crippen molar-refractivity contribution < 1.29 is 14.7 Å². The van der Waals surface area contributed by atoms with Crippen molar-refractivity contribution in [2.45, 2.75) is 25.7 Å². The van der Waals surface area contributed by atoms with Crippen LogP contribution in [0.4, 0.5) is 0 Å². The molecule has 1 amide bonds. The zero-order valence-electron chi connectivity index (χ0n) is 10.8. The monoisotopic (exact) mass is 262 g/mol. The Kier molecular flexibility index (Phi) is 4.49. The third kappa shape index (κ3) is 4.05. The van der Waals surface area contributed by atoms with Crippen LogP contribution in [0.25, 0.3) is 0 Å². The van der Waals surface area contributed by atoms with Gasteiger partial charge in [0, 0.05) is 31.9 Å². The number of carbonyl (C=O) groups excluding carboxylic acids is 1. The van der Waals surface area contributed by atoms with Gasteiger partial charge in [-0.2, -0.15) is 0 Å². The molecule has 1 aromatic heterocycles. The number of amides is 1. The molecule has 5 nitrogen and oxygen atoms in total. The number of hydrogen-bond acceptors (Lipinski definition) is 3. The number of carboxylic acid groups (broad SMARTS) is 1. The van der Waals surface area contributed by atoms with Gasteiger partial charge in [0.2, 0.25) is 5.91 Å². The first-order chi connectivity index (χ1) is 9.15. The van der Waals surface area contributed by atoms with Gasteiger partial charge in [-0.1, -0.05) is 0 Å². The fourth-order valence-corrected chi connectivity index (χ4v) is 2.49. The third-order valence-electron chi connectivity index (χ3n) is 3.44. The van der Waals surface area contributed by atoms with Crippen LogP contribution in [0.15, 0.2) is 24.5 Å². The standard InChI is InChI=1S/C14H18N2O3/c17-13(8-11-3-5-15-6-4-11)16-7-1-2-12(10-16)9-14(18)19/h3-6,12H,1-2,7-10H2,(H,18,19). The quantitative estimate of drug-likeness (QED) is 0.888. The van der Waals surface area contributed by atoms with Crippen LogP contribution < -0.4 is 0 Å². The Morgan fingerprint density at radius 3 is 2.79 bits per heavy atom. The molecule has 0 bridgehead atoms. The lowest BCUT2D eigenvalue weighted by Gasteiger charge is -2.32. The molecule has 1 fully saturated rings. The summed E-state index contributed by atoms with van der Waals surface area (Å²) in [4.78, 5) is 28.6. The van der Waals surface area contributed by atoms with Crippen molar-refractivity contribution in [1.29, 1.82) is 0 Å². The number of likely N-dealkylation sites (tertiary alicyclic amines) is 1. The van der Waals surface area contributed by atoms with Gasteiger partial charge in [0.15, 0.2) is 0 Å². The van der Waals surface area contributed by atoms with Gasteiger partial charge >= 0.3 is 5.97 Å². The molecule has 0 radical (unpaired) electrons. The summed E-state index contributed by atoms with van der Waals surface area (Å²) in [5.74, 6) is -0.623. The van der Waals surface area contributed by atoms with Gasteiger partial charge in [-0.05, 0) is 36.5 Å². The summed E-state index contributed by atoms with van der Waals surface area (Å²) in [5, 5.41) is 8.82. The summed E-state index contributed by atoms with van der Waals surface area (Å²) in [6, 6.07) is 3.66. The van der Waals surface area contributed by atoms with E-state index in [1.807, 2.05) is 12.1 Å². The Hall–Kier alpha value is -1.91. The fraction of sp³-hybridized carbons (Fsp3) is 0.500. The fourth-order valence-electron chi connectivity index (χ4n) is 2.49. The van der Waals surface area contributed by atoms with E-state index in [4.69, 9.17) is 5.11 Å². The van der Waals surface area contributed by atoms with Crippen molar-refractivity contribution in [3.05, 3.63) is 30.1 Å². The minimum Gasteiger partial charge on any atom is -0.481 e. The van der Waals surface area contributed by atoms with Crippen molar-refractivity contribution in [1.82, 2.24) is 9.88 Å². The van der Waals surface area contributed by atoms with Gasteiger partial charge in [0.1, 0.15) is 0 Å². The number of aromatic nitrogens is 1. The highest BCUT2D eigenvalue weighted by molar-refractivity contribution is 5.79. The van der Waals surface area contributed by atoms with Crippen molar-refractivity contribution in [3.63, 3.8) is 0 Å². The highest BCUT2D eigenvalue weighted by Crippen LogP contribution is 2.20. The molecule has 1 aromatic rings. The number of nitrogens with zero attached hydrogens (tertiary/aromatic N) is 2. The SMILES string of the molecule is O=C(O)CC1CCCN(C(=O)Cc2ccncc2)C1. The van der Waals surface area contributed by atoms with E-state index in [1.165, 1.54) is 0 Å². The summed E-state index contributed by atoms with van der Waals surface area (Å²) in [5.41, 5.74) is 0.945. The lowest BCUT2D eigenvalue weighted by Crippen LogP contribution is -2.41. The van der Waals surface area contributed by atoms with Crippen LogP contribution in [0.1, 0.15) is 24.8 Å². The number of carbonyl (C=O) groups is 2. The van der Waals surface area contributed by atoms with Crippen molar-refractivity contribution in [2.24, 2.45) is 5.92 Å². The summed E-state index contributed by atoms with van der Waals surface area (Å²) in [6.45, 7) is 1.30. The number of rotatable bonds is 4. The van der Waals surface area contributed by atoms with Crippen LogP contribution in [-0.2, 0) is 16.0 Å².